The van der Waals surface area contributed by atoms with E-state index in [1.165, 1.54) is 13.2 Å². The molecule has 0 saturated heterocycles. The Kier molecular flexibility index (Phi) is 5.17. The summed E-state index contributed by atoms with van der Waals surface area (Å²) >= 11 is 0. The van der Waals surface area contributed by atoms with Crippen LogP contribution in [-0.2, 0) is 22.1 Å². The molecular formula is C22H19F3O5. The molecule has 0 amide bonds. The Morgan fingerprint density at radius 2 is 2.00 bits per heavy atom. The van der Waals surface area contributed by atoms with Crippen molar-refractivity contribution in [3.8, 4) is 11.5 Å². The van der Waals surface area contributed by atoms with Gasteiger partial charge in [0.25, 0.3) is 0 Å². The third-order valence-electron chi connectivity index (χ3n) is 5.60. The van der Waals surface area contributed by atoms with E-state index in [1.807, 2.05) is 6.07 Å². The second-order valence-corrected chi connectivity index (χ2v) is 7.34. The molecule has 158 valence electrons. The summed E-state index contributed by atoms with van der Waals surface area (Å²) in [6, 6.07) is 7.62. The number of carbonyl (C=O) groups is 2. The van der Waals surface area contributed by atoms with Crippen molar-refractivity contribution in [2.75, 3.05) is 13.7 Å². The summed E-state index contributed by atoms with van der Waals surface area (Å²) in [6.07, 6.45) is -3.74. The van der Waals surface area contributed by atoms with Crippen molar-refractivity contribution in [2.24, 2.45) is 0 Å². The van der Waals surface area contributed by atoms with E-state index in [0.29, 0.717) is 42.1 Å². The normalized spacial score (nSPS) is 19.6. The number of hydrogen-bond acceptors (Lipinski definition) is 5. The van der Waals surface area contributed by atoms with Crippen LogP contribution < -0.4 is 9.47 Å². The predicted molar refractivity (Wildman–Crippen MR) is 99.8 cm³/mol. The van der Waals surface area contributed by atoms with Gasteiger partial charge in [-0.2, -0.15) is 13.2 Å². The Labute approximate surface area is 170 Å². The largest absolute Gasteiger partial charge is 0.492 e. The Hall–Kier alpha value is -3.03. The average molecular weight is 420 g/mol. The third kappa shape index (κ3) is 3.62. The van der Waals surface area contributed by atoms with E-state index < -0.39 is 17.8 Å². The molecule has 0 unspecified atom stereocenters. The molecule has 2 aliphatic rings. The van der Waals surface area contributed by atoms with Crippen molar-refractivity contribution in [2.45, 2.75) is 37.5 Å². The van der Waals surface area contributed by atoms with Gasteiger partial charge in [0.05, 0.1) is 25.7 Å². The number of hydrogen-bond donors (Lipinski definition) is 0. The summed E-state index contributed by atoms with van der Waals surface area (Å²) in [5.41, 5.74) is 0.640. The number of ether oxygens (including phenoxy) is 3. The monoisotopic (exact) mass is 420 g/mol. The van der Waals surface area contributed by atoms with Crippen LogP contribution in [0.15, 0.2) is 30.3 Å². The summed E-state index contributed by atoms with van der Waals surface area (Å²) in [6.45, 7) is 0.364. The first-order chi connectivity index (χ1) is 14.3. The number of esters is 1. The predicted octanol–water partition coefficient (Wildman–Crippen LogP) is 4.62. The molecule has 1 aliphatic heterocycles. The van der Waals surface area contributed by atoms with Crippen molar-refractivity contribution in [1.29, 1.82) is 0 Å². The minimum atomic E-state index is -4.58. The van der Waals surface area contributed by atoms with Gasteiger partial charge < -0.3 is 14.2 Å². The molecule has 0 spiro atoms. The fourth-order valence-corrected chi connectivity index (χ4v) is 4.15. The van der Waals surface area contributed by atoms with E-state index in [-0.39, 0.29) is 30.2 Å². The topological polar surface area (TPSA) is 61.8 Å². The minimum absolute atomic E-state index is 0.0929. The first kappa shape index (κ1) is 20.3. The van der Waals surface area contributed by atoms with E-state index >= 15 is 0 Å². The van der Waals surface area contributed by atoms with E-state index in [9.17, 15) is 22.8 Å². The van der Waals surface area contributed by atoms with Gasteiger partial charge in [0, 0.05) is 23.1 Å². The molecule has 5 nitrogen and oxygen atoms in total. The lowest BCUT2D eigenvalue weighted by Crippen LogP contribution is -2.12. The average Bonchev–Trinajstić information content (AvgIpc) is 3.30. The van der Waals surface area contributed by atoms with Gasteiger partial charge in [-0.05, 0) is 36.1 Å². The van der Waals surface area contributed by atoms with Crippen molar-refractivity contribution >= 4 is 12.3 Å². The Balaban J connectivity index is 1.55. The van der Waals surface area contributed by atoms with Crippen LogP contribution in [-0.4, -0.2) is 26.0 Å². The molecule has 4 rings (SSSR count). The van der Waals surface area contributed by atoms with Gasteiger partial charge in [-0.3, -0.25) is 9.59 Å². The van der Waals surface area contributed by atoms with E-state index in [4.69, 9.17) is 14.2 Å². The molecule has 1 heterocycles. The number of alkyl halides is 3. The van der Waals surface area contributed by atoms with Crippen LogP contribution in [0.25, 0.3) is 0 Å². The summed E-state index contributed by atoms with van der Waals surface area (Å²) in [7, 11) is 1.34. The Morgan fingerprint density at radius 3 is 2.70 bits per heavy atom. The van der Waals surface area contributed by atoms with E-state index in [0.717, 1.165) is 11.6 Å². The van der Waals surface area contributed by atoms with Gasteiger partial charge in [-0.1, -0.05) is 12.1 Å². The Morgan fingerprint density at radius 1 is 1.23 bits per heavy atom. The van der Waals surface area contributed by atoms with Crippen LogP contribution in [0, 0.1) is 0 Å². The van der Waals surface area contributed by atoms with Crippen LogP contribution in [0.3, 0.4) is 0 Å². The number of benzene rings is 2. The molecule has 2 aromatic carbocycles. The zero-order valence-electron chi connectivity index (χ0n) is 16.1. The van der Waals surface area contributed by atoms with Crippen LogP contribution in [0.5, 0.6) is 11.5 Å². The number of carbonyl (C=O) groups excluding carboxylic acids is 2. The highest BCUT2D eigenvalue weighted by molar-refractivity contribution is 5.81. The van der Waals surface area contributed by atoms with Crippen molar-refractivity contribution in [3.63, 3.8) is 0 Å². The van der Waals surface area contributed by atoms with Gasteiger partial charge in [0.2, 0.25) is 0 Å². The molecule has 0 bridgehead atoms. The summed E-state index contributed by atoms with van der Waals surface area (Å²) in [5.74, 6) is 0.715. The van der Waals surface area contributed by atoms with Crippen LogP contribution in [0.1, 0.15) is 57.5 Å². The number of halogens is 3. The molecule has 0 fully saturated rings. The minimum Gasteiger partial charge on any atom is -0.492 e. The fraction of sp³-hybridized carbons (Fsp3) is 0.364. The third-order valence-corrected chi connectivity index (χ3v) is 5.60. The highest BCUT2D eigenvalue weighted by Crippen LogP contribution is 2.43. The number of rotatable bonds is 5. The van der Waals surface area contributed by atoms with E-state index in [2.05, 4.69) is 0 Å². The maximum absolute atomic E-state index is 13.2. The van der Waals surface area contributed by atoms with Gasteiger partial charge in [-0.25, -0.2) is 0 Å². The zero-order chi connectivity index (χ0) is 21.5. The second kappa shape index (κ2) is 7.66. The molecule has 8 heteroatoms. The maximum Gasteiger partial charge on any atom is 0.417 e. The molecule has 30 heavy (non-hydrogen) atoms. The molecule has 2 aromatic rings. The smallest absolute Gasteiger partial charge is 0.417 e. The van der Waals surface area contributed by atoms with Crippen molar-refractivity contribution < 1.29 is 37.0 Å². The molecule has 2 atom stereocenters. The fourth-order valence-electron chi connectivity index (χ4n) is 4.15. The van der Waals surface area contributed by atoms with Crippen molar-refractivity contribution in [3.05, 3.63) is 58.1 Å². The molecule has 1 aliphatic carbocycles. The standard InChI is InChI=1S/C22H19F3O5/c1-28-21(27)8-12-11-29-20-9-13(2-3-14(12)20)30-19-7-5-15-16(19)4-6-18(17(15)10-26)22(23,24)25/h2-4,6,9-10,12,19H,5,7-8,11H2,1H3/t12-,19-/m1/s1. The summed E-state index contributed by atoms with van der Waals surface area (Å²) < 4.78 is 55.9. The van der Waals surface area contributed by atoms with E-state index in [1.54, 1.807) is 12.1 Å². The lowest BCUT2D eigenvalue weighted by molar-refractivity contribution is -0.141. The van der Waals surface area contributed by atoms with Crippen LogP contribution in [0.4, 0.5) is 13.2 Å². The molecular weight excluding hydrogens is 401 g/mol. The summed E-state index contributed by atoms with van der Waals surface area (Å²) in [5, 5.41) is 0. The molecule has 0 radical (unpaired) electrons. The quantitative estimate of drug-likeness (QED) is 0.522. The maximum atomic E-state index is 13.2. The molecule has 0 aromatic heterocycles. The zero-order valence-corrected chi connectivity index (χ0v) is 16.1. The lowest BCUT2D eigenvalue weighted by atomic mass is 9.97. The van der Waals surface area contributed by atoms with Crippen LogP contribution >= 0.6 is 0 Å². The highest BCUT2D eigenvalue weighted by Gasteiger charge is 2.37. The molecule has 0 N–H and O–H groups in total. The van der Waals surface area contributed by atoms with Gasteiger partial charge in [0.1, 0.15) is 17.6 Å². The number of methoxy groups -OCH3 is 1. The SMILES string of the molecule is COC(=O)C[C@@H]1COc2cc(O[C@@H]3CCc4c3ccc(C(F)(F)F)c4C=O)ccc21. The first-order valence-electron chi connectivity index (χ1n) is 9.50. The van der Waals surface area contributed by atoms with Crippen LogP contribution in [0.2, 0.25) is 0 Å². The summed E-state index contributed by atoms with van der Waals surface area (Å²) in [4.78, 5) is 22.9. The molecule has 0 saturated carbocycles. The van der Waals surface area contributed by atoms with Gasteiger partial charge in [0.15, 0.2) is 6.29 Å². The second-order valence-electron chi connectivity index (χ2n) is 7.34. The lowest BCUT2D eigenvalue weighted by Gasteiger charge is -2.17. The first-order valence-corrected chi connectivity index (χ1v) is 9.50. The van der Waals surface area contributed by atoms with Crippen molar-refractivity contribution in [1.82, 2.24) is 0 Å². The number of aldehydes is 1. The highest BCUT2D eigenvalue weighted by atomic mass is 19.4. The van der Waals surface area contributed by atoms with Gasteiger partial charge in [-0.15, -0.1) is 0 Å². The van der Waals surface area contributed by atoms with Gasteiger partial charge >= 0.3 is 12.1 Å². The number of fused-ring (bicyclic) bond motifs is 2. The Bertz CT molecular complexity index is 999.